The Hall–Kier alpha value is -3.58. The van der Waals surface area contributed by atoms with Crippen molar-refractivity contribution in [1.29, 1.82) is 5.26 Å². The van der Waals surface area contributed by atoms with Gasteiger partial charge in [-0.1, -0.05) is 115 Å². The van der Waals surface area contributed by atoms with Crippen molar-refractivity contribution in [2.24, 2.45) is 0 Å². The Kier molecular flexibility index (Phi) is 14.6. The van der Waals surface area contributed by atoms with Gasteiger partial charge >= 0.3 is 5.97 Å². The van der Waals surface area contributed by atoms with Crippen LogP contribution in [0.25, 0.3) is 11.1 Å². The molecule has 0 aliphatic carbocycles. The summed E-state index contributed by atoms with van der Waals surface area (Å²) in [4.78, 5) is 12.8. The van der Waals surface area contributed by atoms with Gasteiger partial charge in [0.25, 0.3) is 0 Å². The van der Waals surface area contributed by atoms with Gasteiger partial charge in [0, 0.05) is 0 Å². The molecule has 0 heterocycles. The topological polar surface area (TPSA) is 59.3 Å². The fourth-order valence-corrected chi connectivity index (χ4v) is 5.00. The summed E-state index contributed by atoms with van der Waals surface area (Å²) in [5, 5.41) is 9.65. The van der Waals surface area contributed by atoms with Crippen LogP contribution in [0.5, 0.6) is 11.5 Å². The van der Waals surface area contributed by atoms with Gasteiger partial charge in [0.15, 0.2) is 0 Å². The Morgan fingerprint density at radius 1 is 0.659 bits per heavy atom. The van der Waals surface area contributed by atoms with Gasteiger partial charge in [-0.05, 0) is 72.4 Å². The van der Waals surface area contributed by atoms with Crippen molar-refractivity contribution in [2.45, 2.75) is 104 Å². The second-order valence-corrected chi connectivity index (χ2v) is 10.9. The van der Waals surface area contributed by atoms with Crippen molar-refractivity contribution >= 4 is 5.97 Å². The minimum Gasteiger partial charge on any atom is -0.494 e. The molecule has 0 saturated carbocycles. The van der Waals surface area contributed by atoms with Crippen molar-refractivity contribution in [1.82, 2.24) is 0 Å². The van der Waals surface area contributed by atoms with E-state index >= 15 is 0 Å². The summed E-state index contributed by atoms with van der Waals surface area (Å²) in [6.45, 7) is 5.22. The molecule has 0 amide bonds. The van der Waals surface area contributed by atoms with Crippen LogP contribution >= 0.6 is 0 Å². The zero-order chi connectivity index (χ0) is 29.1. The van der Waals surface area contributed by atoms with Crippen LogP contribution in [0.3, 0.4) is 0 Å². The lowest BCUT2D eigenvalue weighted by molar-refractivity contribution is 0.0734. The maximum Gasteiger partial charge on any atom is 0.343 e. The molecule has 3 rings (SSSR count). The van der Waals surface area contributed by atoms with E-state index in [0.29, 0.717) is 16.9 Å². The fraction of sp³-hybridized carbons (Fsp3) is 0.459. The van der Waals surface area contributed by atoms with Crippen molar-refractivity contribution < 1.29 is 14.3 Å². The monoisotopic (exact) mass is 553 g/mol. The first-order valence-electron chi connectivity index (χ1n) is 15.7. The molecule has 3 aromatic carbocycles. The zero-order valence-corrected chi connectivity index (χ0v) is 25.1. The number of carbonyl (C=O) groups is 1. The molecular formula is C37H47NO3. The third kappa shape index (κ3) is 11.4. The molecule has 0 fully saturated rings. The number of hydrogen-bond donors (Lipinski definition) is 0. The Balaban J connectivity index is 1.46. The van der Waals surface area contributed by atoms with Crippen LogP contribution < -0.4 is 9.47 Å². The fourth-order valence-electron chi connectivity index (χ4n) is 5.00. The van der Waals surface area contributed by atoms with Crippen LogP contribution in [-0.2, 0) is 6.42 Å². The Labute approximate surface area is 247 Å². The van der Waals surface area contributed by atoms with Gasteiger partial charge in [-0.15, -0.1) is 0 Å². The number of rotatable bonds is 19. The second-order valence-electron chi connectivity index (χ2n) is 10.9. The normalized spacial score (nSPS) is 10.8. The number of nitrogens with zero attached hydrogens (tertiary/aromatic N) is 1. The van der Waals surface area contributed by atoms with Gasteiger partial charge in [-0.2, -0.15) is 5.26 Å². The van der Waals surface area contributed by atoms with E-state index in [1.165, 1.54) is 70.6 Å². The standard InChI is InChI=1S/C37H47NO3/c1-3-5-7-9-11-12-14-16-30-17-18-33(28-34(30)29-38)37(39)41-36-25-21-32(22-26-36)31-19-23-35(24-20-31)40-27-15-13-10-8-6-4-2/h17-26,28H,3-16,27H2,1-2H3. The van der Waals surface area contributed by atoms with Gasteiger partial charge in [0.2, 0.25) is 0 Å². The van der Waals surface area contributed by atoms with Crippen molar-refractivity contribution in [2.75, 3.05) is 6.61 Å². The van der Waals surface area contributed by atoms with E-state index in [1.54, 1.807) is 24.3 Å². The number of esters is 1. The van der Waals surface area contributed by atoms with E-state index in [9.17, 15) is 10.1 Å². The van der Waals surface area contributed by atoms with Crippen LogP contribution in [0.4, 0.5) is 0 Å². The van der Waals surface area contributed by atoms with Gasteiger partial charge in [-0.3, -0.25) is 0 Å². The molecule has 0 unspecified atom stereocenters. The highest BCUT2D eigenvalue weighted by atomic mass is 16.5. The lowest BCUT2D eigenvalue weighted by Crippen LogP contribution is -2.09. The number of hydrogen-bond acceptors (Lipinski definition) is 4. The van der Waals surface area contributed by atoms with E-state index in [4.69, 9.17) is 9.47 Å². The van der Waals surface area contributed by atoms with Gasteiger partial charge in [0.05, 0.1) is 23.8 Å². The lowest BCUT2D eigenvalue weighted by Gasteiger charge is -2.09. The maximum absolute atomic E-state index is 12.8. The first-order chi connectivity index (χ1) is 20.1. The van der Waals surface area contributed by atoms with Gasteiger partial charge in [0.1, 0.15) is 11.5 Å². The zero-order valence-electron chi connectivity index (χ0n) is 25.1. The van der Waals surface area contributed by atoms with Crippen LogP contribution in [0.2, 0.25) is 0 Å². The molecule has 4 nitrogen and oxygen atoms in total. The van der Waals surface area contributed by atoms with Crippen LogP contribution in [0, 0.1) is 11.3 Å². The van der Waals surface area contributed by atoms with Gasteiger partial charge < -0.3 is 9.47 Å². The molecule has 0 radical (unpaired) electrons. The maximum atomic E-state index is 12.8. The van der Waals surface area contributed by atoms with Crippen LogP contribution in [0.1, 0.15) is 119 Å². The average molecular weight is 554 g/mol. The van der Waals surface area contributed by atoms with Crippen molar-refractivity contribution in [3.63, 3.8) is 0 Å². The van der Waals surface area contributed by atoms with Crippen LogP contribution in [0.15, 0.2) is 66.7 Å². The minimum absolute atomic E-state index is 0.394. The van der Waals surface area contributed by atoms with E-state index in [-0.39, 0.29) is 0 Å². The first kappa shape index (κ1) is 31.9. The predicted molar refractivity (Wildman–Crippen MR) is 169 cm³/mol. The molecule has 3 aromatic rings. The molecule has 0 spiro atoms. The Morgan fingerprint density at radius 3 is 1.78 bits per heavy atom. The molecule has 0 bridgehead atoms. The highest BCUT2D eigenvalue weighted by molar-refractivity contribution is 5.91. The smallest absolute Gasteiger partial charge is 0.343 e. The number of ether oxygens (including phenoxy) is 2. The largest absolute Gasteiger partial charge is 0.494 e. The van der Waals surface area contributed by atoms with E-state index in [2.05, 4.69) is 32.0 Å². The van der Waals surface area contributed by atoms with Crippen molar-refractivity contribution in [3.8, 4) is 28.7 Å². The third-order valence-electron chi connectivity index (χ3n) is 7.53. The SMILES string of the molecule is CCCCCCCCCc1ccc(C(=O)Oc2ccc(-c3ccc(OCCCCCCCC)cc3)cc2)cc1C#N. The number of aryl methyl sites for hydroxylation is 1. The number of nitriles is 1. The number of benzene rings is 3. The summed E-state index contributed by atoms with van der Waals surface area (Å²) < 4.78 is 11.5. The highest BCUT2D eigenvalue weighted by Gasteiger charge is 2.12. The molecule has 0 aliphatic heterocycles. The summed E-state index contributed by atoms with van der Waals surface area (Å²) in [6.07, 6.45) is 17.0. The lowest BCUT2D eigenvalue weighted by atomic mass is 9.99. The van der Waals surface area contributed by atoms with E-state index in [0.717, 1.165) is 48.3 Å². The first-order valence-corrected chi connectivity index (χ1v) is 15.7. The van der Waals surface area contributed by atoms with Gasteiger partial charge in [-0.25, -0.2) is 4.79 Å². The molecule has 4 heteroatoms. The molecule has 0 aromatic heterocycles. The quantitative estimate of drug-likeness (QED) is 0.0841. The molecule has 41 heavy (non-hydrogen) atoms. The minimum atomic E-state index is -0.455. The van der Waals surface area contributed by atoms with Crippen molar-refractivity contribution in [3.05, 3.63) is 83.4 Å². The van der Waals surface area contributed by atoms with E-state index in [1.807, 2.05) is 30.3 Å². The third-order valence-corrected chi connectivity index (χ3v) is 7.53. The molecule has 218 valence electrons. The molecule has 0 N–H and O–H groups in total. The molecular weight excluding hydrogens is 506 g/mol. The average Bonchev–Trinajstić information content (AvgIpc) is 3.01. The van der Waals surface area contributed by atoms with E-state index < -0.39 is 5.97 Å². The summed E-state index contributed by atoms with van der Waals surface area (Å²) >= 11 is 0. The molecule has 0 atom stereocenters. The second kappa shape index (κ2) is 18.7. The van der Waals surface area contributed by atoms with Crippen LogP contribution in [-0.4, -0.2) is 12.6 Å². The number of unbranched alkanes of at least 4 members (excludes halogenated alkanes) is 11. The highest BCUT2D eigenvalue weighted by Crippen LogP contribution is 2.26. The summed E-state index contributed by atoms with van der Waals surface area (Å²) in [5.41, 5.74) is 4.06. The molecule has 0 aliphatic rings. The predicted octanol–water partition coefficient (Wildman–Crippen LogP) is 10.5. The summed E-state index contributed by atoms with van der Waals surface area (Å²) in [5.74, 6) is 0.907. The summed E-state index contributed by atoms with van der Waals surface area (Å²) in [7, 11) is 0. The number of carbonyl (C=O) groups excluding carboxylic acids is 1. The summed E-state index contributed by atoms with van der Waals surface area (Å²) in [6, 6.07) is 23.2. The Morgan fingerprint density at radius 2 is 1.20 bits per heavy atom. The Bertz CT molecular complexity index is 1210. The molecule has 0 saturated heterocycles.